The highest BCUT2D eigenvalue weighted by molar-refractivity contribution is 9.10. The van der Waals surface area contributed by atoms with E-state index in [4.69, 9.17) is 0 Å². The van der Waals surface area contributed by atoms with Crippen LogP contribution in [0.3, 0.4) is 0 Å². The first kappa shape index (κ1) is 29.4. The number of carboxylic acid groups (broad SMARTS) is 2. The van der Waals surface area contributed by atoms with Crippen LogP contribution >= 0.6 is 15.9 Å². The Morgan fingerprint density at radius 1 is 0.767 bits per heavy atom. The molecule has 12 heteroatoms. The number of H-pyrrole nitrogens is 2. The Balaban J connectivity index is 1.77. The average molecular weight is 646 g/mol. The molecule has 0 amide bonds. The molecule has 5 rings (SSSR count). The Labute approximate surface area is 253 Å². The number of hydrogen-bond donors (Lipinski definition) is 4. The van der Waals surface area contributed by atoms with Gasteiger partial charge in [-0.3, -0.25) is 19.8 Å². The first-order chi connectivity index (χ1) is 20.4. The molecular formula is C31H28BrN5O6. The van der Waals surface area contributed by atoms with Gasteiger partial charge >= 0.3 is 11.9 Å². The van der Waals surface area contributed by atoms with E-state index >= 15 is 0 Å². The van der Waals surface area contributed by atoms with Crippen molar-refractivity contribution in [1.82, 2.24) is 19.6 Å². The van der Waals surface area contributed by atoms with Gasteiger partial charge in [-0.2, -0.15) is 0 Å². The van der Waals surface area contributed by atoms with Gasteiger partial charge in [0.25, 0.3) is 11.1 Å². The Bertz CT molecular complexity index is 1900. The van der Waals surface area contributed by atoms with E-state index in [2.05, 4.69) is 26.1 Å². The third-order valence-corrected chi connectivity index (χ3v) is 7.94. The van der Waals surface area contributed by atoms with Gasteiger partial charge in [0.05, 0.1) is 39.3 Å². The molecule has 3 aromatic carbocycles. The molecule has 0 bridgehead atoms. The normalized spacial score (nSPS) is 11.2. The van der Waals surface area contributed by atoms with Crippen LogP contribution in [0.4, 0.5) is 5.69 Å². The number of nitrogens with zero attached hydrogens (tertiary/aromatic N) is 3. The zero-order valence-electron chi connectivity index (χ0n) is 23.7. The van der Waals surface area contributed by atoms with Crippen molar-refractivity contribution in [3.8, 4) is 11.4 Å². The summed E-state index contributed by atoms with van der Waals surface area (Å²) in [6.45, 7) is 3.45. The van der Waals surface area contributed by atoms with Gasteiger partial charge in [-0.15, -0.1) is 0 Å². The van der Waals surface area contributed by atoms with Crippen molar-refractivity contribution in [2.24, 2.45) is 0 Å². The summed E-state index contributed by atoms with van der Waals surface area (Å²) in [4.78, 5) is 53.4. The summed E-state index contributed by atoms with van der Waals surface area (Å²) in [5.41, 5.74) is 2.94. The van der Waals surface area contributed by atoms with Crippen LogP contribution in [0, 0.1) is 13.8 Å². The number of aromatic amines is 2. The van der Waals surface area contributed by atoms with E-state index in [1.807, 2.05) is 37.2 Å². The topological polar surface area (TPSA) is 153 Å². The predicted molar refractivity (Wildman–Crippen MR) is 166 cm³/mol. The molecule has 0 atom stereocenters. The lowest BCUT2D eigenvalue weighted by atomic mass is 9.85. The molecule has 0 saturated heterocycles. The van der Waals surface area contributed by atoms with Crippen LogP contribution in [0.5, 0.6) is 0 Å². The molecule has 0 unspecified atom stereocenters. The first-order valence-corrected chi connectivity index (χ1v) is 14.0. The molecule has 220 valence electrons. The highest BCUT2D eigenvalue weighted by atomic mass is 79.9. The maximum atomic E-state index is 14.1. The molecule has 0 spiro atoms. The third kappa shape index (κ3) is 5.32. The van der Waals surface area contributed by atoms with Crippen LogP contribution in [0.15, 0.2) is 80.8 Å². The highest BCUT2D eigenvalue weighted by Crippen LogP contribution is 2.36. The Morgan fingerprint density at radius 3 is 1.63 bits per heavy atom. The number of nitrogens with one attached hydrogen (secondary N) is 2. The van der Waals surface area contributed by atoms with Crippen molar-refractivity contribution >= 4 is 33.6 Å². The summed E-state index contributed by atoms with van der Waals surface area (Å²) >= 11 is 3.63. The zero-order chi connectivity index (χ0) is 31.2. The van der Waals surface area contributed by atoms with E-state index < -0.39 is 29.0 Å². The van der Waals surface area contributed by atoms with Gasteiger partial charge in [-0.05, 0) is 83.9 Å². The second-order valence-corrected chi connectivity index (χ2v) is 11.2. The molecule has 43 heavy (non-hydrogen) atoms. The van der Waals surface area contributed by atoms with Gasteiger partial charge < -0.3 is 15.1 Å². The lowest BCUT2D eigenvalue weighted by molar-refractivity contribution is 0.0686. The summed E-state index contributed by atoms with van der Waals surface area (Å²) in [7, 11) is 3.80. The van der Waals surface area contributed by atoms with E-state index in [1.54, 1.807) is 38.1 Å². The van der Waals surface area contributed by atoms with Crippen molar-refractivity contribution in [3.63, 3.8) is 0 Å². The van der Waals surface area contributed by atoms with Crippen LogP contribution in [-0.4, -0.2) is 55.8 Å². The summed E-state index contributed by atoms with van der Waals surface area (Å²) in [6, 6.07) is 17.6. The second kappa shape index (κ2) is 11.3. The maximum Gasteiger partial charge on any atom is 0.335 e. The number of carbonyl (C=O) groups is 2. The molecule has 0 aliphatic heterocycles. The summed E-state index contributed by atoms with van der Waals surface area (Å²) in [5, 5.41) is 25.1. The largest absolute Gasteiger partial charge is 0.478 e. The summed E-state index contributed by atoms with van der Waals surface area (Å²) in [5.74, 6) is -3.09. The van der Waals surface area contributed by atoms with E-state index in [1.165, 1.54) is 33.6 Å². The van der Waals surface area contributed by atoms with Crippen molar-refractivity contribution in [1.29, 1.82) is 0 Å². The number of hydrogen-bond acceptors (Lipinski definition) is 5. The second-order valence-electron chi connectivity index (χ2n) is 10.3. The van der Waals surface area contributed by atoms with E-state index in [0.717, 1.165) is 10.2 Å². The Kier molecular flexibility index (Phi) is 7.72. The van der Waals surface area contributed by atoms with Gasteiger partial charge in [0.1, 0.15) is 0 Å². The number of anilines is 1. The number of aromatic carboxylic acids is 2. The molecule has 0 radical (unpaired) electrons. The van der Waals surface area contributed by atoms with Gasteiger partial charge in [0.15, 0.2) is 0 Å². The predicted octanol–water partition coefficient (Wildman–Crippen LogP) is 4.67. The number of aryl methyl sites for hydroxylation is 2. The van der Waals surface area contributed by atoms with Crippen LogP contribution in [-0.2, 0) is 0 Å². The maximum absolute atomic E-state index is 14.1. The number of carboxylic acids is 2. The van der Waals surface area contributed by atoms with Crippen LogP contribution in [0.2, 0.25) is 0 Å². The number of halogens is 1. The molecule has 0 saturated carbocycles. The quantitative estimate of drug-likeness (QED) is 0.191. The Hall–Kier alpha value is -5.10. The minimum Gasteiger partial charge on any atom is -0.478 e. The molecule has 11 nitrogen and oxygen atoms in total. The first-order valence-electron chi connectivity index (χ1n) is 13.2. The fraction of sp³-hybridized carbons (Fsp3) is 0.161. The van der Waals surface area contributed by atoms with Crippen molar-refractivity contribution in [2.45, 2.75) is 19.8 Å². The molecule has 0 fully saturated rings. The minimum absolute atomic E-state index is 0.0194. The zero-order valence-corrected chi connectivity index (χ0v) is 25.3. The molecule has 2 aromatic heterocycles. The van der Waals surface area contributed by atoms with Gasteiger partial charge in [-0.25, -0.2) is 19.0 Å². The fourth-order valence-corrected chi connectivity index (χ4v) is 6.01. The smallest absolute Gasteiger partial charge is 0.335 e. The lowest BCUT2D eigenvalue weighted by Crippen LogP contribution is -2.25. The highest BCUT2D eigenvalue weighted by Gasteiger charge is 2.31. The fourth-order valence-electron chi connectivity index (χ4n) is 5.26. The van der Waals surface area contributed by atoms with Crippen molar-refractivity contribution in [2.75, 3.05) is 19.0 Å². The number of benzene rings is 3. The lowest BCUT2D eigenvalue weighted by Gasteiger charge is -2.20. The minimum atomic E-state index is -1.13. The van der Waals surface area contributed by atoms with E-state index in [-0.39, 0.29) is 11.1 Å². The van der Waals surface area contributed by atoms with Crippen molar-refractivity contribution in [3.05, 3.63) is 131 Å². The van der Waals surface area contributed by atoms with Crippen molar-refractivity contribution < 1.29 is 19.8 Å². The van der Waals surface area contributed by atoms with E-state index in [9.17, 15) is 29.4 Å². The molecule has 0 aliphatic carbocycles. The van der Waals surface area contributed by atoms with Gasteiger partial charge in [0.2, 0.25) is 0 Å². The molecule has 2 heterocycles. The standard InChI is InChI=1S/C31H28BrN5O6/c1-16-25(28(38)36(33-16)21-9-5-7-19(13-21)30(40)41)27(18-11-12-24(35(3)4)23(32)15-18)26-17(2)34-37(29(26)39)22-10-6-8-20(14-22)31(42)43/h5-15,27,33-34H,1-4H3,(H,40,41)(H,42,43). The number of aromatic nitrogens is 4. The van der Waals surface area contributed by atoms with Crippen LogP contribution in [0.1, 0.15) is 54.7 Å². The van der Waals surface area contributed by atoms with Crippen LogP contribution < -0.4 is 16.0 Å². The molecule has 5 aromatic rings. The monoisotopic (exact) mass is 645 g/mol. The molecular weight excluding hydrogens is 618 g/mol. The van der Waals surface area contributed by atoms with Crippen LogP contribution in [0.25, 0.3) is 11.4 Å². The SMILES string of the molecule is Cc1[nH]n(-c2cccc(C(=O)O)c2)c(=O)c1C(c1ccc(N(C)C)c(Br)c1)c1c(C)[nH]n(-c2cccc(C(=O)O)c2)c1=O. The molecule has 4 N–H and O–H groups in total. The van der Waals surface area contributed by atoms with E-state index in [0.29, 0.717) is 39.5 Å². The summed E-state index contributed by atoms with van der Waals surface area (Å²) in [6.07, 6.45) is 0. The molecule has 0 aliphatic rings. The van der Waals surface area contributed by atoms with Gasteiger partial charge in [-0.1, -0.05) is 18.2 Å². The third-order valence-electron chi connectivity index (χ3n) is 7.30. The summed E-state index contributed by atoms with van der Waals surface area (Å²) < 4.78 is 3.29. The van der Waals surface area contributed by atoms with Gasteiger partial charge in [0, 0.05) is 35.9 Å². The number of rotatable bonds is 8. The average Bonchev–Trinajstić information content (AvgIpc) is 3.43. The Morgan fingerprint density at radius 2 is 1.23 bits per heavy atom.